The summed E-state index contributed by atoms with van der Waals surface area (Å²) in [6.45, 7) is 0.358. The number of aliphatic hydroxyl groups is 1. The SMILES string of the molecule is NCc1ncccc1S(=O)(=O)N1CCCCCC1CO. The van der Waals surface area contributed by atoms with Crippen LogP contribution in [0.5, 0.6) is 0 Å². The Hall–Kier alpha value is -1.02. The third-order valence-electron chi connectivity index (χ3n) is 3.66. The average Bonchev–Trinajstić information content (AvgIpc) is 2.72. The first-order valence-corrected chi connectivity index (χ1v) is 8.32. The monoisotopic (exact) mass is 299 g/mol. The smallest absolute Gasteiger partial charge is 0.245 e. The number of rotatable bonds is 4. The third kappa shape index (κ3) is 3.01. The lowest BCUT2D eigenvalue weighted by atomic mass is 10.1. The molecule has 1 atom stereocenters. The Morgan fingerprint density at radius 2 is 2.20 bits per heavy atom. The maximum absolute atomic E-state index is 12.8. The molecule has 1 fully saturated rings. The first-order chi connectivity index (χ1) is 9.61. The van der Waals surface area contributed by atoms with Gasteiger partial charge in [0.2, 0.25) is 10.0 Å². The fourth-order valence-electron chi connectivity index (χ4n) is 2.59. The highest BCUT2D eigenvalue weighted by molar-refractivity contribution is 7.89. The number of pyridine rings is 1. The predicted molar refractivity (Wildman–Crippen MR) is 75.4 cm³/mol. The van der Waals surface area contributed by atoms with Crippen LogP contribution in [0.3, 0.4) is 0 Å². The second kappa shape index (κ2) is 6.62. The van der Waals surface area contributed by atoms with Crippen molar-refractivity contribution in [3.63, 3.8) is 0 Å². The molecule has 1 saturated heterocycles. The molecule has 0 bridgehead atoms. The normalized spacial score (nSPS) is 21.6. The van der Waals surface area contributed by atoms with Gasteiger partial charge in [-0.3, -0.25) is 4.98 Å². The molecular formula is C13H21N3O3S. The van der Waals surface area contributed by atoms with E-state index in [-0.39, 0.29) is 24.1 Å². The standard InChI is InChI=1S/C13H21N3O3S/c14-9-12-13(6-4-7-15-12)20(18,19)16-8-3-1-2-5-11(16)10-17/h4,6-7,11,17H,1-3,5,8-10,14H2. The summed E-state index contributed by atoms with van der Waals surface area (Å²) in [6, 6.07) is 2.77. The molecule has 3 N–H and O–H groups in total. The average molecular weight is 299 g/mol. The molecule has 2 heterocycles. The molecule has 0 spiro atoms. The molecule has 1 aromatic rings. The van der Waals surface area contributed by atoms with E-state index in [9.17, 15) is 13.5 Å². The summed E-state index contributed by atoms with van der Waals surface area (Å²) < 4.78 is 27.0. The lowest BCUT2D eigenvalue weighted by molar-refractivity contribution is 0.186. The van der Waals surface area contributed by atoms with Crippen molar-refractivity contribution in [1.29, 1.82) is 0 Å². The van der Waals surface area contributed by atoms with Crippen LogP contribution >= 0.6 is 0 Å². The minimum absolute atomic E-state index is 0.0764. The molecule has 6 nitrogen and oxygen atoms in total. The van der Waals surface area contributed by atoms with Gasteiger partial charge in [-0.2, -0.15) is 4.31 Å². The lowest BCUT2D eigenvalue weighted by Gasteiger charge is -2.28. The summed E-state index contributed by atoms with van der Waals surface area (Å²) in [5.41, 5.74) is 5.95. The molecule has 0 saturated carbocycles. The van der Waals surface area contributed by atoms with Crippen LogP contribution in [-0.4, -0.2) is 42.0 Å². The molecule has 0 amide bonds. The van der Waals surface area contributed by atoms with Crippen molar-refractivity contribution in [3.05, 3.63) is 24.0 Å². The molecule has 20 heavy (non-hydrogen) atoms. The lowest BCUT2D eigenvalue weighted by Crippen LogP contribution is -2.42. The van der Waals surface area contributed by atoms with E-state index in [0.717, 1.165) is 19.3 Å². The Balaban J connectivity index is 2.41. The van der Waals surface area contributed by atoms with Crippen LogP contribution in [0.4, 0.5) is 0 Å². The Bertz CT molecular complexity index is 548. The zero-order valence-electron chi connectivity index (χ0n) is 11.4. The summed E-state index contributed by atoms with van der Waals surface area (Å²) in [7, 11) is -3.66. The Kier molecular flexibility index (Phi) is 5.09. The van der Waals surface area contributed by atoms with Crippen LogP contribution in [0.15, 0.2) is 23.2 Å². The van der Waals surface area contributed by atoms with Gasteiger partial charge < -0.3 is 10.8 Å². The number of nitrogens with zero attached hydrogens (tertiary/aromatic N) is 2. The van der Waals surface area contributed by atoms with Gasteiger partial charge in [0.05, 0.1) is 12.3 Å². The van der Waals surface area contributed by atoms with Gasteiger partial charge in [0, 0.05) is 25.3 Å². The Morgan fingerprint density at radius 3 is 2.90 bits per heavy atom. The van der Waals surface area contributed by atoms with E-state index in [0.29, 0.717) is 18.7 Å². The molecule has 0 aliphatic carbocycles. The largest absolute Gasteiger partial charge is 0.395 e. The van der Waals surface area contributed by atoms with Crippen LogP contribution in [0.2, 0.25) is 0 Å². The van der Waals surface area contributed by atoms with Crippen LogP contribution in [0.1, 0.15) is 31.4 Å². The molecule has 112 valence electrons. The number of aliphatic hydroxyl groups excluding tert-OH is 1. The zero-order valence-corrected chi connectivity index (χ0v) is 12.2. The summed E-state index contributed by atoms with van der Waals surface area (Å²) in [5, 5.41) is 9.48. The highest BCUT2D eigenvalue weighted by Gasteiger charge is 2.33. The fourth-order valence-corrected chi connectivity index (χ4v) is 4.46. The van der Waals surface area contributed by atoms with Crippen LogP contribution in [0, 0.1) is 0 Å². The molecule has 2 rings (SSSR count). The zero-order chi connectivity index (χ0) is 14.6. The number of sulfonamides is 1. The highest BCUT2D eigenvalue weighted by atomic mass is 32.2. The van der Waals surface area contributed by atoms with Crippen molar-refractivity contribution in [2.45, 2.75) is 43.2 Å². The molecule has 0 aromatic carbocycles. The van der Waals surface area contributed by atoms with Crippen LogP contribution in [0.25, 0.3) is 0 Å². The molecular weight excluding hydrogens is 278 g/mol. The minimum Gasteiger partial charge on any atom is -0.395 e. The maximum Gasteiger partial charge on any atom is 0.245 e. The van der Waals surface area contributed by atoms with Crippen molar-refractivity contribution in [3.8, 4) is 0 Å². The first kappa shape index (κ1) is 15.4. The van der Waals surface area contributed by atoms with Gasteiger partial charge in [0.1, 0.15) is 4.90 Å². The number of hydrogen-bond acceptors (Lipinski definition) is 5. The van der Waals surface area contributed by atoms with Gasteiger partial charge in [-0.05, 0) is 25.0 Å². The second-order valence-electron chi connectivity index (χ2n) is 4.95. The summed E-state index contributed by atoms with van der Waals surface area (Å²) >= 11 is 0. The van der Waals surface area contributed by atoms with Gasteiger partial charge in [-0.1, -0.05) is 12.8 Å². The third-order valence-corrected chi connectivity index (χ3v) is 5.69. The molecule has 1 aliphatic rings. The number of aromatic nitrogens is 1. The topological polar surface area (TPSA) is 96.5 Å². The highest BCUT2D eigenvalue weighted by Crippen LogP contribution is 2.25. The van der Waals surface area contributed by atoms with E-state index < -0.39 is 10.0 Å². The van der Waals surface area contributed by atoms with E-state index in [4.69, 9.17) is 5.73 Å². The van der Waals surface area contributed by atoms with Crippen molar-refractivity contribution >= 4 is 10.0 Å². The molecule has 1 aliphatic heterocycles. The van der Waals surface area contributed by atoms with Gasteiger partial charge in [0.15, 0.2) is 0 Å². The predicted octanol–water partition coefficient (Wildman–Crippen LogP) is 0.466. The Morgan fingerprint density at radius 1 is 1.40 bits per heavy atom. The second-order valence-corrected chi connectivity index (χ2v) is 6.81. The van der Waals surface area contributed by atoms with E-state index in [1.54, 1.807) is 6.07 Å². The minimum atomic E-state index is -3.66. The molecule has 1 aromatic heterocycles. The van der Waals surface area contributed by atoms with Crippen molar-refractivity contribution in [2.75, 3.05) is 13.2 Å². The maximum atomic E-state index is 12.8. The van der Waals surface area contributed by atoms with Crippen LogP contribution < -0.4 is 5.73 Å². The van der Waals surface area contributed by atoms with E-state index >= 15 is 0 Å². The van der Waals surface area contributed by atoms with Crippen molar-refractivity contribution in [2.24, 2.45) is 5.73 Å². The summed E-state index contributed by atoms with van der Waals surface area (Å²) in [6.07, 6.45) is 4.96. The Labute approximate surface area is 119 Å². The number of hydrogen-bond donors (Lipinski definition) is 2. The summed E-state index contributed by atoms with van der Waals surface area (Å²) in [5.74, 6) is 0. The van der Waals surface area contributed by atoms with E-state index in [1.807, 2.05) is 0 Å². The molecule has 0 radical (unpaired) electrons. The fraction of sp³-hybridized carbons (Fsp3) is 0.615. The quantitative estimate of drug-likeness (QED) is 0.842. The first-order valence-electron chi connectivity index (χ1n) is 6.88. The van der Waals surface area contributed by atoms with Gasteiger partial charge in [-0.15, -0.1) is 0 Å². The molecule has 7 heteroatoms. The van der Waals surface area contributed by atoms with Gasteiger partial charge in [-0.25, -0.2) is 8.42 Å². The summed E-state index contributed by atoms with van der Waals surface area (Å²) in [4.78, 5) is 4.19. The van der Waals surface area contributed by atoms with Gasteiger partial charge in [0.25, 0.3) is 0 Å². The van der Waals surface area contributed by atoms with E-state index in [2.05, 4.69) is 4.98 Å². The van der Waals surface area contributed by atoms with E-state index in [1.165, 1.54) is 16.6 Å². The molecule has 1 unspecified atom stereocenters. The van der Waals surface area contributed by atoms with Crippen molar-refractivity contribution < 1.29 is 13.5 Å². The van der Waals surface area contributed by atoms with Crippen molar-refractivity contribution in [1.82, 2.24) is 9.29 Å². The number of nitrogens with two attached hydrogens (primary N) is 1. The van der Waals surface area contributed by atoms with Crippen LogP contribution in [-0.2, 0) is 16.6 Å². The van der Waals surface area contributed by atoms with Gasteiger partial charge >= 0.3 is 0 Å².